The van der Waals surface area contributed by atoms with Crippen molar-refractivity contribution in [3.8, 4) is 0 Å². The van der Waals surface area contributed by atoms with E-state index in [0.717, 1.165) is 57.9 Å². The maximum absolute atomic E-state index is 11.8. The second kappa shape index (κ2) is 6.31. The molecule has 0 spiro atoms. The molecule has 2 saturated heterocycles. The molecule has 0 aromatic heterocycles. The van der Waals surface area contributed by atoms with Crippen molar-refractivity contribution in [1.82, 2.24) is 20.4 Å². The minimum absolute atomic E-state index is 0.0978. The maximum Gasteiger partial charge on any atom is 0.247 e. The van der Waals surface area contributed by atoms with E-state index in [2.05, 4.69) is 27.5 Å². The molecule has 2 fully saturated rings. The van der Waals surface area contributed by atoms with Crippen LogP contribution in [0.15, 0.2) is 11.1 Å². The molecule has 0 atom stereocenters. The first-order chi connectivity index (χ1) is 8.66. The number of carbonyl (C=O) groups is 1. The van der Waals surface area contributed by atoms with Gasteiger partial charge in [-0.1, -0.05) is 0 Å². The molecule has 0 radical (unpaired) electrons. The highest BCUT2D eigenvalue weighted by Crippen LogP contribution is 2.08. The van der Waals surface area contributed by atoms with Crippen LogP contribution in [-0.2, 0) is 4.79 Å². The first kappa shape index (κ1) is 13.5. The van der Waals surface area contributed by atoms with Crippen LogP contribution >= 0.6 is 0 Å². The van der Waals surface area contributed by atoms with Crippen LogP contribution in [0.1, 0.15) is 6.92 Å². The van der Waals surface area contributed by atoms with E-state index in [1.165, 1.54) is 5.57 Å². The average Bonchev–Trinajstić information content (AvgIpc) is 2.29. The molecule has 2 rings (SSSR count). The summed E-state index contributed by atoms with van der Waals surface area (Å²) in [5.41, 5.74) is 2.14. The van der Waals surface area contributed by atoms with Gasteiger partial charge in [-0.15, -0.1) is 0 Å². The first-order valence-corrected chi connectivity index (χ1v) is 6.75. The Labute approximate surface area is 109 Å². The molecular formula is C13H24N4O. The second-order valence-electron chi connectivity index (χ2n) is 5.23. The van der Waals surface area contributed by atoms with Gasteiger partial charge in [0.15, 0.2) is 0 Å². The Morgan fingerprint density at radius 2 is 1.94 bits per heavy atom. The van der Waals surface area contributed by atoms with Crippen molar-refractivity contribution in [2.24, 2.45) is 0 Å². The Kier molecular flexibility index (Phi) is 4.74. The summed E-state index contributed by atoms with van der Waals surface area (Å²) in [5, 5.41) is 6.17. The summed E-state index contributed by atoms with van der Waals surface area (Å²) < 4.78 is 0. The first-order valence-electron chi connectivity index (χ1n) is 6.75. The fraction of sp³-hybridized carbons (Fsp3) is 0.769. The number of hydrogen-bond acceptors (Lipinski definition) is 4. The number of carbonyl (C=O) groups excluding carboxylic acids is 1. The predicted octanol–water partition coefficient (Wildman–Crippen LogP) is -0.730. The van der Waals surface area contributed by atoms with E-state index in [9.17, 15) is 4.79 Å². The lowest BCUT2D eigenvalue weighted by atomic mass is 10.0. The van der Waals surface area contributed by atoms with Crippen LogP contribution in [0, 0.1) is 0 Å². The van der Waals surface area contributed by atoms with E-state index in [-0.39, 0.29) is 5.91 Å². The third-order valence-electron chi connectivity index (χ3n) is 3.86. The third kappa shape index (κ3) is 3.54. The Bertz CT molecular complexity index is 326. The van der Waals surface area contributed by atoms with Gasteiger partial charge in [-0.25, -0.2) is 0 Å². The average molecular weight is 252 g/mol. The lowest BCUT2D eigenvalue weighted by Gasteiger charge is -2.32. The smallest absolute Gasteiger partial charge is 0.247 e. The largest absolute Gasteiger partial charge is 0.351 e. The van der Waals surface area contributed by atoms with Gasteiger partial charge < -0.3 is 15.5 Å². The molecule has 1 amide bonds. The van der Waals surface area contributed by atoms with Crippen molar-refractivity contribution in [2.75, 3.05) is 59.4 Å². The van der Waals surface area contributed by atoms with Crippen molar-refractivity contribution in [3.63, 3.8) is 0 Å². The van der Waals surface area contributed by atoms with Gasteiger partial charge in [-0.05, 0) is 19.5 Å². The van der Waals surface area contributed by atoms with Gasteiger partial charge in [0.2, 0.25) is 5.91 Å². The van der Waals surface area contributed by atoms with E-state index in [1.807, 2.05) is 6.92 Å². The van der Waals surface area contributed by atoms with Crippen molar-refractivity contribution in [3.05, 3.63) is 11.1 Å². The quantitative estimate of drug-likeness (QED) is 0.648. The van der Waals surface area contributed by atoms with Crippen molar-refractivity contribution in [2.45, 2.75) is 6.92 Å². The van der Waals surface area contributed by atoms with E-state index >= 15 is 0 Å². The highest BCUT2D eigenvalue weighted by Gasteiger charge is 2.16. The van der Waals surface area contributed by atoms with Crippen LogP contribution in [0.3, 0.4) is 0 Å². The van der Waals surface area contributed by atoms with Gasteiger partial charge in [0.1, 0.15) is 0 Å². The van der Waals surface area contributed by atoms with E-state index < -0.39 is 0 Å². The maximum atomic E-state index is 11.8. The summed E-state index contributed by atoms with van der Waals surface area (Å²) >= 11 is 0. The van der Waals surface area contributed by atoms with E-state index in [0.29, 0.717) is 0 Å². The molecule has 2 aliphatic rings. The summed E-state index contributed by atoms with van der Waals surface area (Å²) in [6.45, 7) is 9.84. The van der Waals surface area contributed by atoms with Crippen LogP contribution in [0.25, 0.3) is 0 Å². The summed E-state index contributed by atoms with van der Waals surface area (Å²) in [6.07, 6.45) is 0. The molecule has 0 aromatic rings. The van der Waals surface area contributed by atoms with Crippen molar-refractivity contribution >= 4 is 5.91 Å². The summed E-state index contributed by atoms with van der Waals surface area (Å²) in [7, 11) is 2.15. The normalized spacial score (nSPS) is 21.6. The summed E-state index contributed by atoms with van der Waals surface area (Å²) in [4.78, 5) is 16.6. The number of piperazine rings is 1. The monoisotopic (exact) mass is 252 g/mol. The van der Waals surface area contributed by atoms with Gasteiger partial charge in [-0.2, -0.15) is 0 Å². The lowest BCUT2D eigenvalue weighted by Crippen LogP contribution is -2.47. The van der Waals surface area contributed by atoms with Gasteiger partial charge >= 0.3 is 0 Å². The standard InChI is InChI=1S/C13H24N4O/c1-11(12-9-14-10-12)13(18)15-3-4-17-7-5-16(2)6-8-17/h14H,3-10H2,1-2H3,(H,15,18). The van der Waals surface area contributed by atoms with Gasteiger partial charge in [0, 0.05) is 57.9 Å². The van der Waals surface area contributed by atoms with Gasteiger partial charge in [-0.3, -0.25) is 9.69 Å². The van der Waals surface area contributed by atoms with Crippen LogP contribution in [0.4, 0.5) is 0 Å². The molecule has 0 saturated carbocycles. The highest BCUT2D eigenvalue weighted by molar-refractivity contribution is 5.93. The molecule has 102 valence electrons. The fourth-order valence-corrected chi connectivity index (χ4v) is 2.21. The molecular weight excluding hydrogens is 228 g/mol. The topological polar surface area (TPSA) is 47.6 Å². The summed E-state index contributed by atoms with van der Waals surface area (Å²) in [5.74, 6) is 0.0978. The molecule has 0 aromatic carbocycles. The molecule has 5 nitrogen and oxygen atoms in total. The Morgan fingerprint density at radius 3 is 2.50 bits per heavy atom. The molecule has 2 aliphatic heterocycles. The molecule has 2 N–H and O–H groups in total. The van der Waals surface area contributed by atoms with Crippen molar-refractivity contribution in [1.29, 1.82) is 0 Å². The van der Waals surface area contributed by atoms with Crippen LogP contribution in [0.5, 0.6) is 0 Å². The van der Waals surface area contributed by atoms with Crippen LogP contribution in [-0.4, -0.2) is 75.1 Å². The minimum Gasteiger partial charge on any atom is -0.351 e. The zero-order chi connectivity index (χ0) is 13.0. The third-order valence-corrected chi connectivity index (χ3v) is 3.86. The van der Waals surface area contributed by atoms with E-state index in [4.69, 9.17) is 0 Å². The van der Waals surface area contributed by atoms with E-state index in [1.54, 1.807) is 0 Å². The van der Waals surface area contributed by atoms with Crippen LogP contribution in [0.2, 0.25) is 0 Å². The van der Waals surface area contributed by atoms with Gasteiger partial charge in [0.25, 0.3) is 0 Å². The number of rotatable bonds is 4. The zero-order valence-corrected chi connectivity index (χ0v) is 11.5. The highest BCUT2D eigenvalue weighted by atomic mass is 16.1. The molecule has 18 heavy (non-hydrogen) atoms. The molecule has 2 heterocycles. The number of hydrogen-bond donors (Lipinski definition) is 2. The lowest BCUT2D eigenvalue weighted by molar-refractivity contribution is -0.117. The Balaban J connectivity index is 1.64. The zero-order valence-electron chi connectivity index (χ0n) is 11.5. The molecule has 0 unspecified atom stereocenters. The van der Waals surface area contributed by atoms with Crippen molar-refractivity contribution < 1.29 is 4.79 Å². The number of nitrogens with zero attached hydrogens (tertiary/aromatic N) is 2. The molecule has 0 aliphatic carbocycles. The Hall–Kier alpha value is -0.910. The Morgan fingerprint density at radius 1 is 1.28 bits per heavy atom. The van der Waals surface area contributed by atoms with Crippen LogP contribution < -0.4 is 10.6 Å². The second-order valence-corrected chi connectivity index (χ2v) is 5.23. The fourth-order valence-electron chi connectivity index (χ4n) is 2.21. The molecule has 0 bridgehead atoms. The van der Waals surface area contributed by atoms with Gasteiger partial charge in [0.05, 0.1) is 0 Å². The number of likely N-dealkylation sites (N-methyl/N-ethyl adjacent to an activating group) is 1. The number of amides is 1. The SMILES string of the molecule is CC(C(=O)NCCN1CCN(C)CC1)=C1CNC1. The molecule has 5 heteroatoms. The predicted molar refractivity (Wildman–Crippen MR) is 72.5 cm³/mol. The number of nitrogens with one attached hydrogen (secondary N) is 2. The summed E-state index contributed by atoms with van der Waals surface area (Å²) in [6, 6.07) is 0. The minimum atomic E-state index is 0.0978.